The predicted molar refractivity (Wildman–Crippen MR) is 67.8 cm³/mol. The van der Waals surface area contributed by atoms with Crippen molar-refractivity contribution in [1.82, 2.24) is 9.80 Å². The van der Waals surface area contributed by atoms with Gasteiger partial charge in [0.25, 0.3) is 0 Å². The van der Waals surface area contributed by atoms with Crippen LogP contribution >= 0.6 is 0 Å². The third-order valence-electron chi connectivity index (χ3n) is 3.55. The zero-order valence-electron chi connectivity index (χ0n) is 11.2. The van der Waals surface area contributed by atoms with Crippen LogP contribution < -0.4 is 5.73 Å². The number of methoxy groups -OCH3 is 1. The summed E-state index contributed by atoms with van der Waals surface area (Å²) in [5.41, 5.74) is 5.71. The molecule has 1 saturated heterocycles. The van der Waals surface area contributed by atoms with Gasteiger partial charge in [-0.15, -0.1) is 0 Å². The largest absolute Gasteiger partial charge is 0.468 e. The van der Waals surface area contributed by atoms with Gasteiger partial charge in [-0.25, -0.2) is 0 Å². The van der Waals surface area contributed by atoms with Crippen LogP contribution in [0.5, 0.6) is 0 Å². The summed E-state index contributed by atoms with van der Waals surface area (Å²) in [5.74, 6) is -0.312. The molecular weight excluding hydrogens is 218 g/mol. The summed E-state index contributed by atoms with van der Waals surface area (Å²) in [4.78, 5) is 15.8. The van der Waals surface area contributed by atoms with Crippen LogP contribution in [-0.2, 0) is 9.53 Å². The van der Waals surface area contributed by atoms with E-state index in [0.717, 1.165) is 19.6 Å². The average molecular weight is 243 g/mol. The minimum Gasteiger partial charge on any atom is -0.468 e. The van der Waals surface area contributed by atoms with Crippen molar-refractivity contribution in [3.63, 3.8) is 0 Å². The number of carbonyl (C=O) groups is 1. The van der Waals surface area contributed by atoms with E-state index in [0.29, 0.717) is 12.5 Å². The normalized spacial score (nSPS) is 20.5. The monoisotopic (exact) mass is 243 g/mol. The van der Waals surface area contributed by atoms with E-state index >= 15 is 0 Å². The number of likely N-dealkylation sites (tertiary alicyclic amines) is 1. The van der Waals surface area contributed by atoms with Crippen molar-refractivity contribution in [2.24, 2.45) is 5.73 Å². The van der Waals surface area contributed by atoms with E-state index in [-0.39, 0.29) is 5.97 Å². The molecule has 1 aliphatic rings. The lowest BCUT2D eigenvalue weighted by Crippen LogP contribution is -2.44. The van der Waals surface area contributed by atoms with Gasteiger partial charge in [0.15, 0.2) is 0 Å². The summed E-state index contributed by atoms with van der Waals surface area (Å²) >= 11 is 0. The summed E-state index contributed by atoms with van der Waals surface area (Å²) in [6.45, 7) is 3.07. The van der Waals surface area contributed by atoms with Gasteiger partial charge in [0.1, 0.15) is 6.04 Å². The second kappa shape index (κ2) is 6.93. The minimum absolute atomic E-state index is 0.312. The van der Waals surface area contributed by atoms with Crippen LogP contribution in [0.25, 0.3) is 0 Å². The molecule has 1 rings (SSSR count). The van der Waals surface area contributed by atoms with Gasteiger partial charge in [-0.05, 0) is 46.4 Å². The van der Waals surface area contributed by atoms with Gasteiger partial charge in [0.2, 0.25) is 0 Å². The van der Waals surface area contributed by atoms with E-state index in [1.165, 1.54) is 20.0 Å². The predicted octanol–water partition coefficient (Wildman–Crippen LogP) is -0.0972. The zero-order valence-corrected chi connectivity index (χ0v) is 11.2. The average Bonchev–Trinajstić information content (AvgIpc) is 2.35. The Kier molecular flexibility index (Phi) is 5.88. The molecule has 5 nitrogen and oxygen atoms in total. The Morgan fingerprint density at radius 2 is 2.06 bits per heavy atom. The van der Waals surface area contributed by atoms with Gasteiger partial charge in [-0.3, -0.25) is 4.79 Å². The van der Waals surface area contributed by atoms with Crippen LogP contribution in [0, 0.1) is 0 Å². The van der Waals surface area contributed by atoms with Crippen LogP contribution in [0.15, 0.2) is 0 Å². The quantitative estimate of drug-likeness (QED) is 0.684. The van der Waals surface area contributed by atoms with Crippen molar-refractivity contribution < 1.29 is 9.53 Å². The smallest absolute Gasteiger partial charge is 0.322 e. The Hall–Kier alpha value is -0.650. The Morgan fingerprint density at radius 3 is 2.53 bits per heavy atom. The lowest BCUT2D eigenvalue weighted by Gasteiger charge is -2.35. The number of piperidine rings is 1. The van der Waals surface area contributed by atoms with Crippen LogP contribution in [0.4, 0.5) is 0 Å². The number of hydrogen-bond acceptors (Lipinski definition) is 5. The fourth-order valence-electron chi connectivity index (χ4n) is 2.25. The summed E-state index contributed by atoms with van der Waals surface area (Å²) in [5, 5.41) is 0. The molecule has 1 atom stereocenters. The van der Waals surface area contributed by atoms with E-state index in [4.69, 9.17) is 5.73 Å². The molecule has 0 aromatic heterocycles. The SMILES string of the molecule is COC(=O)C(N)CCN1CCC(N(C)C)CC1. The summed E-state index contributed by atoms with van der Waals surface area (Å²) in [6, 6.07) is 0.215. The Morgan fingerprint density at radius 1 is 1.47 bits per heavy atom. The Labute approximate surface area is 104 Å². The van der Waals surface area contributed by atoms with Crippen molar-refractivity contribution in [1.29, 1.82) is 0 Å². The van der Waals surface area contributed by atoms with Crippen LogP contribution in [0.1, 0.15) is 19.3 Å². The second-order valence-electron chi connectivity index (χ2n) is 4.95. The first-order valence-corrected chi connectivity index (χ1v) is 6.26. The topological polar surface area (TPSA) is 58.8 Å². The van der Waals surface area contributed by atoms with Crippen molar-refractivity contribution in [2.45, 2.75) is 31.3 Å². The number of rotatable bonds is 5. The lowest BCUT2D eigenvalue weighted by molar-refractivity contribution is -0.142. The molecule has 0 aliphatic carbocycles. The highest BCUT2D eigenvalue weighted by Gasteiger charge is 2.21. The van der Waals surface area contributed by atoms with E-state index < -0.39 is 6.04 Å². The first-order valence-electron chi connectivity index (χ1n) is 6.26. The van der Waals surface area contributed by atoms with Crippen LogP contribution in [-0.4, -0.2) is 68.7 Å². The van der Waals surface area contributed by atoms with Crippen molar-refractivity contribution in [3.05, 3.63) is 0 Å². The number of hydrogen-bond donors (Lipinski definition) is 1. The van der Waals surface area contributed by atoms with Crippen molar-refractivity contribution in [2.75, 3.05) is 40.8 Å². The standard InChI is InChI=1S/C12H25N3O2/c1-14(2)10-4-7-15(8-5-10)9-6-11(13)12(16)17-3/h10-11H,4-9,13H2,1-3H3. The molecule has 0 saturated carbocycles. The molecule has 0 spiro atoms. The highest BCUT2D eigenvalue weighted by molar-refractivity contribution is 5.75. The molecule has 0 aromatic rings. The first kappa shape index (κ1) is 14.4. The van der Waals surface area contributed by atoms with Gasteiger partial charge in [0, 0.05) is 12.6 Å². The number of nitrogens with zero attached hydrogens (tertiary/aromatic N) is 2. The number of carbonyl (C=O) groups excluding carboxylic acids is 1. The van der Waals surface area contributed by atoms with Crippen LogP contribution in [0.3, 0.4) is 0 Å². The molecule has 100 valence electrons. The molecule has 1 unspecified atom stereocenters. The van der Waals surface area contributed by atoms with Gasteiger partial charge >= 0.3 is 5.97 Å². The van der Waals surface area contributed by atoms with Gasteiger partial charge < -0.3 is 20.3 Å². The van der Waals surface area contributed by atoms with Gasteiger partial charge in [-0.1, -0.05) is 0 Å². The number of esters is 1. The molecular formula is C12H25N3O2. The second-order valence-corrected chi connectivity index (χ2v) is 4.95. The fraction of sp³-hybridized carbons (Fsp3) is 0.917. The van der Waals surface area contributed by atoms with Crippen LogP contribution in [0.2, 0.25) is 0 Å². The molecule has 5 heteroatoms. The molecule has 0 amide bonds. The summed E-state index contributed by atoms with van der Waals surface area (Å²) in [6.07, 6.45) is 3.07. The lowest BCUT2D eigenvalue weighted by atomic mass is 10.0. The molecule has 17 heavy (non-hydrogen) atoms. The highest BCUT2D eigenvalue weighted by atomic mass is 16.5. The van der Waals surface area contributed by atoms with Crippen molar-refractivity contribution >= 4 is 5.97 Å². The maximum Gasteiger partial charge on any atom is 0.322 e. The van der Waals surface area contributed by atoms with E-state index in [2.05, 4.69) is 28.6 Å². The zero-order chi connectivity index (χ0) is 12.8. The van der Waals surface area contributed by atoms with Gasteiger partial charge in [-0.2, -0.15) is 0 Å². The first-order chi connectivity index (χ1) is 8.04. The summed E-state index contributed by atoms with van der Waals surface area (Å²) < 4.78 is 4.61. The third kappa shape index (κ3) is 4.61. The highest BCUT2D eigenvalue weighted by Crippen LogP contribution is 2.14. The molecule has 0 aromatic carbocycles. The molecule has 0 radical (unpaired) electrons. The molecule has 0 bridgehead atoms. The Balaban J connectivity index is 2.20. The maximum atomic E-state index is 11.2. The Bertz CT molecular complexity index is 238. The number of ether oxygens (including phenoxy) is 1. The fourth-order valence-corrected chi connectivity index (χ4v) is 2.25. The molecule has 1 fully saturated rings. The van der Waals surface area contributed by atoms with E-state index in [9.17, 15) is 4.79 Å². The molecule has 1 aliphatic heterocycles. The van der Waals surface area contributed by atoms with E-state index in [1.807, 2.05) is 0 Å². The minimum atomic E-state index is -0.480. The number of nitrogens with two attached hydrogens (primary N) is 1. The maximum absolute atomic E-state index is 11.2. The molecule has 2 N–H and O–H groups in total. The molecule has 1 heterocycles. The van der Waals surface area contributed by atoms with E-state index in [1.54, 1.807) is 0 Å². The van der Waals surface area contributed by atoms with Crippen molar-refractivity contribution in [3.8, 4) is 0 Å². The van der Waals surface area contributed by atoms with Gasteiger partial charge in [0.05, 0.1) is 7.11 Å². The third-order valence-corrected chi connectivity index (χ3v) is 3.55. The summed E-state index contributed by atoms with van der Waals surface area (Å²) in [7, 11) is 5.64.